The Morgan fingerprint density at radius 2 is 1.78 bits per heavy atom. The van der Waals surface area contributed by atoms with E-state index < -0.39 is 0 Å². The van der Waals surface area contributed by atoms with E-state index in [0.717, 1.165) is 50.4 Å². The van der Waals surface area contributed by atoms with Crippen LogP contribution in [0.25, 0.3) is 0 Å². The lowest BCUT2D eigenvalue weighted by molar-refractivity contribution is 0.114. The average Bonchev–Trinajstić information content (AvgIpc) is 2.37. The highest BCUT2D eigenvalue weighted by Crippen LogP contribution is 2.25. The van der Waals surface area contributed by atoms with E-state index in [-0.39, 0.29) is 0 Å². The van der Waals surface area contributed by atoms with Gasteiger partial charge in [0.1, 0.15) is 18.0 Å². The summed E-state index contributed by atoms with van der Waals surface area (Å²) < 4.78 is 11.6. The van der Waals surface area contributed by atoms with Crippen molar-refractivity contribution in [2.45, 2.75) is 44.3 Å². The lowest BCUT2D eigenvalue weighted by Crippen LogP contribution is -2.34. The summed E-state index contributed by atoms with van der Waals surface area (Å²) in [5.41, 5.74) is 0. The molecule has 0 spiro atoms. The van der Waals surface area contributed by atoms with E-state index in [4.69, 9.17) is 9.47 Å². The van der Waals surface area contributed by atoms with Crippen LogP contribution in [0, 0.1) is 0 Å². The number of piperidine rings is 1. The van der Waals surface area contributed by atoms with Crippen LogP contribution in [-0.2, 0) is 0 Å². The molecule has 2 aliphatic rings. The van der Waals surface area contributed by atoms with Gasteiger partial charge in [-0.3, -0.25) is 0 Å². The molecule has 1 aromatic heterocycles. The SMILES string of the molecule is c1cc(OC2CCC2)ncc1OC1CCNCC1. The van der Waals surface area contributed by atoms with Crippen molar-refractivity contribution in [1.29, 1.82) is 0 Å². The molecule has 1 aliphatic heterocycles. The summed E-state index contributed by atoms with van der Waals surface area (Å²) in [5, 5.41) is 3.33. The van der Waals surface area contributed by atoms with Gasteiger partial charge in [-0.25, -0.2) is 4.98 Å². The second-order valence-corrected chi connectivity index (χ2v) is 5.07. The molecule has 1 aliphatic carbocycles. The molecule has 0 aromatic carbocycles. The highest BCUT2D eigenvalue weighted by Gasteiger charge is 2.19. The van der Waals surface area contributed by atoms with Gasteiger partial charge < -0.3 is 14.8 Å². The van der Waals surface area contributed by atoms with Crippen molar-refractivity contribution in [3.63, 3.8) is 0 Å². The third-order valence-electron chi connectivity index (χ3n) is 3.64. The van der Waals surface area contributed by atoms with Crippen LogP contribution in [0.3, 0.4) is 0 Å². The monoisotopic (exact) mass is 248 g/mol. The first kappa shape index (κ1) is 11.8. The molecule has 0 bridgehead atoms. The normalized spacial score (nSPS) is 21.3. The van der Waals surface area contributed by atoms with Gasteiger partial charge in [0, 0.05) is 6.07 Å². The largest absolute Gasteiger partial charge is 0.489 e. The number of pyridine rings is 1. The van der Waals surface area contributed by atoms with Crippen LogP contribution in [-0.4, -0.2) is 30.3 Å². The van der Waals surface area contributed by atoms with E-state index in [1.165, 1.54) is 6.42 Å². The Balaban J connectivity index is 1.52. The zero-order chi connectivity index (χ0) is 12.2. The van der Waals surface area contributed by atoms with Gasteiger partial charge in [0.25, 0.3) is 0 Å². The molecular weight excluding hydrogens is 228 g/mol. The maximum Gasteiger partial charge on any atom is 0.213 e. The van der Waals surface area contributed by atoms with Crippen LogP contribution in [0.5, 0.6) is 11.6 Å². The summed E-state index contributed by atoms with van der Waals surface area (Å²) >= 11 is 0. The number of hydrogen-bond acceptors (Lipinski definition) is 4. The number of aromatic nitrogens is 1. The van der Waals surface area contributed by atoms with Gasteiger partial charge in [-0.15, -0.1) is 0 Å². The molecule has 1 aromatic rings. The molecule has 0 atom stereocenters. The molecule has 4 heteroatoms. The number of nitrogens with zero attached hydrogens (tertiary/aromatic N) is 1. The maximum absolute atomic E-state index is 5.90. The number of hydrogen-bond donors (Lipinski definition) is 1. The number of rotatable bonds is 4. The number of nitrogens with one attached hydrogen (secondary N) is 1. The maximum atomic E-state index is 5.90. The van der Waals surface area contributed by atoms with Crippen molar-refractivity contribution < 1.29 is 9.47 Å². The molecule has 3 rings (SSSR count). The highest BCUT2D eigenvalue weighted by atomic mass is 16.5. The molecular formula is C14H20N2O2. The third kappa shape index (κ3) is 2.93. The van der Waals surface area contributed by atoms with Crippen molar-refractivity contribution in [2.24, 2.45) is 0 Å². The lowest BCUT2D eigenvalue weighted by atomic mass is 9.96. The minimum absolute atomic E-state index is 0.325. The molecule has 98 valence electrons. The molecule has 1 N–H and O–H groups in total. The summed E-state index contributed by atoms with van der Waals surface area (Å²) in [4.78, 5) is 4.30. The van der Waals surface area contributed by atoms with E-state index >= 15 is 0 Å². The second-order valence-electron chi connectivity index (χ2n) is 5.07. The molecule has 18 heavy (non-hydrogen) atoms. The first-order chi connectivity index (χ1) is 8.90. The number of ether oxygens (including phenoxy) is 2. The Kier molecular flexibility index (Phi) is 3.64. The van der Waals surface area contributed by atoms with Crippen LogP contribution < -0.4 is 14.8 Å². The predicted octanol–water partition coefficient (Wildman–Crippen LogP) is 2.14. The summed E-state index contributed by atoms with van der Waals surface area (Å²) in [5.74, 6) is 1.57. The Morgan fingerprint density at radius 3 is 2.39 bits per heavy atom. The summed E-state index contributed by atoms with van der Waals surface area (Å²) in [6.45, 7) is 2.09. The van der Waals surface area contributed by atoms with Gasteiger partial charge in [0.05, 0.1) is 6.20 Å². The van der Waals surface area contributed by atoms with Gasteiger partial charge in [-0.05, 0) is 51.3 Å². The third-order valence-corrected chi connectivity index (χ3v) is 3.64. The molecule has 1 saturated heterocycles. The molecule has 2 heterocycles. The zero-order valence-corrected chi connectivity index (χ0v) is 10.6. The minimum Gasteiger partial charge on any atom is -0.489 e. The Morgan fingerprint density at radius 1 is 1.00 bits per heavy atom. The van der Waals surface area contributed by atoms with Gasteiger partial charge in [-0.1, -0.05) is 0 Å². The first-order valence-corrected chi connectivity index (χ1v) is 6.90. The molecule has 0 amide bonds. The fraction of sp³-hybridized carbons (Fsp3) is 0.643. The topological polar surface area (TPSA) is 43.4 Å². The van der Waals surface area contributed by atoms with Crippen molar-refractivity contribution >= 4 is 0 Å². The van der Waals surface area contributed by atoms with Gasteiger partial charge in [-0.2, -0.15) is 0 Å². The Bertz CT molecular complexity index is 370. The van der Waals surface area contributed by atoms with Crippen LogP contribution in [0.15, 0.2) is 18.3 Å². The van der Waals surface area contributed by atoms with E-state index in [1.807, 2.05) is 12.1 Å². The van der Waals surface area contributed by atoms with Crippen LogP contribution in [0.2, 0.25) is 0 Å². The van der Waals surface area contributed by atoms with Gasteiger partial charge in [0.2, 0.25) is 5.88 Å². The fourth-order valence-corrected chi connectivity index (χ4v) is 2.27. The van der Waals surface area contributed by atoms with Gasteiger partial charge >= 0.3 is 0 Å². The fourth-order valence-electron chi connectivity index (χ4n) is 2.27. The average molecular weight is 248 g/mol. The van der Waals surface area contributed by atoms with Crippen LogP contribution in [0.4, 0.5) is 0 Å². The first-order valence-electron chi connectivity index (χ1n) is 6.90. The van der Waals surface area contributed by atoms with Crippen LogP contribution >= 0.6 is 0 Å². The quantitative estimate of drug-likeness (QED) is 0.886. The van der Waals surface area contributed by atoms with E-state index in [1.54, 1.807) is 6.20 Å². The molecule has 1 saturated carbocycles. The smallest absolute Gasteiger partial charge is 0.213 e. The van der Waals surface area contributed by atoms with E-state index in [9.17, 15) is 0 Å². The lowest BCUT2D eigenvalue weighted by Gasteiger charge is -2.26. The Labute approximate surface area is 108 Å². The molecule has 2 fully saturated rings. The van der Waals surface area contributed by atoms with Crippen molar-refractivity contribution in [1.82, 2.24) is 10.3 Å². The van der Waals surface area contributed by atoms with Crippen molar-refractivity contribution in [2.75, 3.05) is 13.1 Å². The van der Waals surface area contributed by atoms with Gasteiger partial charge in [0.15, 0.2) is 0 Å². The highest BCUT2D eigenvalue weighted by molar-refractivity contribution is 5.23. The van der Waals surface area contributed by atoms with Crippen molar-refractivity contribution in [3.05, 3.63) is 18.3 Å². The molecule has 0 radical (unpaired) electrons. The Hall–Kier alpha value is -1.29. The summed E-state index contributed by atoms with van der Waals surface area (Å²) in [7, 11) is 0. The zero-order valence-electron chi connectivity index (χ0n) is 10.6. The second kappa shape index (κ2) is 5.57. The van der Waals surface area contributed by atoms with E-state index in [0.29, 0.717) is 12.2 Å². The van der Waals surface area contributed by atoms with Crippen LogP contribution in [0.1, 0.15) is 32.1 Å². The van der Waals surface area contributed by atoms with E-state index in [2.05, 4.69) is 10.3 Å². The molecule has 0 unspecified atom stereocenters. The summed E-state index contributed by atoms with van der Waals surface area (Å²) in [6.07, 6.45) is 8.22. The minimum atomic E-state index is 0.325. The van der Waals surface area contributed by atoms with Crippen molar-refractivity contribution in [3.8, 4) is 11.6 Å². The summed E-state index contributed by atoms with van der Waals surface area (Å²) in [6, 6.07) is 3.87. The molecule has 4 nitrogen and oxygen atoms in total. The predicted molar refractivity (Wildman–Crippen MR) is 69.0 cm³/mol. The standard InChI is InChI=1S/C14H20N2O2/c1-2-11(3-1)18-14-5-4-13(10-16-14)17-12-6-8-15-9-7-12/h4-5,10-12,15H,1-3,6-9H2.